The highest BCUT2D eigenvalue weighted by Crippen LogP contribution is 2.49. The molecule has 0 aliphatic carbocycles. The molecule has 2 rings (SSSR count). The first kappa shape index (κ1) is 16.1. The topological polar surface area (TPSA) is 42.1 Å². The molecule has 0 N–H and O–H groups in total. The lowest BCUT2D eigenvalue weighted by Crippen LogP contribution is -2.47. The zero-order valence-corrected chi connectivity index (χ0v) is 13.4. The Morgan fingerprint density at radius 3 is 2.43 bits per heavy atom. The highest BCUT2D eigenvalue weighted by atomic mass is 16.6. The third kappa shape index (κ3) is 3.67. The van der Waals surface area contributed by atoms with E-state index in [4.69, 9.17) is 9.47 Å². The van der Waals surface area contributed by atoms with E-state index in [0.29, 0.717) is 13.1 Å². The molecule has 2 atom stereocenters. The normalized spacial score (nSPS) is 27.9. The number of amides is 1. The SMILES string of the molecule is C=CCC1(C2OC2C=C)CCN(C(=O)OC(C)(C)C)CC1. The molecule has 2 saturated heterocycles. The van der Waals surface area contributed by atoms with E-state index in [0.717, 1.165) is 19.3 Å². The molecule has 0 bridgehead atoms. The maximum absolute atomic E-state index is 12.1. The number of hydrogen-bond acceptors (Lipinski definition) is 3. The van der Waals surface area contributed by atoms with Crippen molar-refractivity contribution in [2.75, 3.05) is 13.1 Å². The first-order chi connectivity index (χ1) is 9.81. The van der Waals surface area contributed by atoms with Gasteiger partial charge in [0.05, 0.1) is 6.10 Å². The highest BCUT2D eigenvalue weighted by Gasteiger charge is 2.53. The van der Waals surface area contributed by atoms with Crippen LogP contribution >= 0.6 is 0 Å². The van der Waals surface area contributed by atoms with Crippen LogP contribution in [0.2, 0.25) is 0 Å². The van der Waals surface area contributed by atoms with Gasteiger partial charge in [0, 0.05) is 18.5 Å². The van der Waals surface area contributed by atoms with Gasteiger partial charge < -0.3 is 14.4 Å². The first-order valence-electron chi connectivity index (χ1n) is 7.68. The van der Waals surface area contributed by atoms with Crippen LogP contribution in [0, 0.1) is 5.41 Å². The summed E-state index contributed by atoms with van der Waals surface area (Å²) in [5.74, 6) is 0. The summed E-state index contributed by atoms with van der Waals surface area (Å²) >= 11 is 0. The Morgan fingerprint density at radius 2 is 2.00 bits per heavy atom. The summed E-state index contributed by atoms with van der Waals surface area (Å²) in [6.45, 7) is 14.8. The van der Waals surface area contributed by atoms with Crippen LogP contribution in [0.5, 0.6) is 0 Å². The molecule has 21 heavy (non-hydrogen) atoms. The van der Waals surface area contributed by atoms with Gasteiger partial charge in [-0.05, 0) is 40.0 Å². The van der Waals surface area contributed by atoms with Crippen LogP contribution in [0.1, 0.15) is 40.0 Å². The molecule has 2 unspecified atom stereocenters. The van der Waals surface area contributed by atoms with Gasteiger partial charge in [0.1, 0.15) is 11.7 Å². The van der Waals surface area contributed by atoms with E-state index in [-0.39, 0.29) is 23.7 Å². The summed E-state index contributed by atoms with van der Waals surface area (Å²) in [6, 6.07) is 0. The van der Waals surface area contributed by atoms with Gasteiger partial charge in [-0.2, -0.15) is 0 Å². The molecule has 0 spiro atoms. The van der Waals surface area contributed by atoms with Crippen molar-refractivity contribution in [1.82, 2.24) is 4.90 Å². The van der Waals surface area contributed by atoms with Crippen molar-refractivity contribution in [2.45, 2.75) is 57.8 Å². The maximum atomic E-state index is 12.1. The molecule has 2 aliphatic heterocycles. The number of carbonyl (C=O) groups is 1. The van der Waals surface area contributed by atoms with Gasteiger partial charge in [-0.3, -0.25) is 0 Å². The number of ether oxygens (including phenoxy) is 2. The third-order valence-electron chi connectivity index (χ3n) is 4.32. The van der Waals surface area contributed by atoms with E-state index in [1.807, 2.05) is 32.9 Å². The number of allylic oxidation sites excluding steroid dienone is 1. The number of hydrogen-bond donors (Lipinski definition) is 0. The van der Waals surface area contributed by atoms with Crippen LogP contribution in [0.3, 0.4) is 0 Å². The van der Waals surface area contributed by atoms with Gasteiger partial charge in [0.15, 0.2) is 0 Å². The maximum Gasteiger partial charge on any atom is 0.410 e. The van der Waals surface area contributed by atoms with Crippen molar-refractivity contribution < 1.29 is 14.3 Å². The van der Waals surface area contributed by atoms with E-state index in [1.54, 1.807) is 4.90 Å². The minimum Gasteiger partial charge on any atom is -0.444 e. The summed E-state index contributed by atoms with van der Waals surface area (Å²) in [5.41, 5.74) is -0.348. The van der Waals surface area contributed by atoms with Crippen molar-refractivity contribution in [1.29, 1.82) is 0 Å². The second-order valence-corrected chi connectivity index (χ2v) is 7.08. The lowest BCUT2D eigenvalue weighted by Gasteiger charge is -2.41. The van der Waals surface area contributed by atoms with Gasteiger partial charge in [0.2, 0.25) is 0 Å². The Morgan fingerprint density at radius 1 is 1.38 bits per heavy atom. The smallest absolute Gasteiger partial charge is 0.410 e. The standard InChI is InChI=1S/C17H27NO3/c1-6-8-17(14-13(7-2)20-14)9-11-18(12-10-17)15(19)21-16(3,4)5/h6-7,13-14H,1-2,8-12H2,3-5H3. The van der Waals surface area contributed by atoms with Crippen molar-refractivity contribution >= 4 is 6.09 Å². The van der Waals surface area contributed by atoms with Crippen LogP contribution in [-0.2, 0) is 9.47 Å². The fraction of sp³-hybridized carbons (Fsp3) is 0.706. The molecule has 2 fully saturated rings. The molecule has 0 aromatic heterocycles. The number of epoxide rings is 1. The quantitative estimate of drug-likeness (QED) is 0.588. The summed E-state index contributed by atoms with van der Waals surface area (Å²) in [5, 5.41) is 0. The highest BCUT2D eigenvalue weighted by molar-refractivity contribution is 5.68. The van der Waals surface area contributed by atoms with Crippen LogP contribution in [0.15, 0.2) is 25.3 Å². The fourth-order valence-electron chi connectivity index (χ4n) is 3.15. The fourth-order valence-corrected chi connectivity index (χ4v) is 3.15. The Kier molecular flexibility index (Phi) is 4.47. The number of piperidine rings is 1. The van der Waals surface area contributed by atoms with E-state index in [2.05, 4.69) is 13.2 Å². The molecule has 0 radical (unpaired) electrons. The summed E-state index contributed by atoms with van der Waals surface area (Å²) in [6.07, 6.45) is 6.78. The zero-order valence-electron chi connectivity index (χ0n) is 13.4. The van der Waals surface area contributed by atoms with Gasteiger partial charge in [-0.15, -0.1) is 13.2 Å². The molecule has 2 heterocycles. The molecule has 2 aliphatic rings. The van der Waals surface area contributed by atoms with Gasteiger partial charge in [0.25, 0.3) is 0 Å². The molecule has 4 nitrogen and oxygen atoms in total. The van der Waals surface area contributed by atoms with E-state index in [9.17, 15) is 4.79 Å². The van der Waals surface area contributed by atoms with Crippen LogP contribution in [0.25, 0.3) is 0 Å². The average molecular weight is 293 g/mol. The van der Waals surface area contributed by atoms with Gasteiger partial charge in [-0.1, -0.05) is 12.2 Å². The van der Waals surface area contributed by atoms with Gasteiger partial charge in [-0.25, -0.2) is 4.79 Å². The van der Waals surface area contributed by atoms with Crippen LogP contribution in [0.4, 0.5) is 4.79 Å². The predicted octanol–water partition coefficient (Wildman–Crippen LogP) is 3.53. The lowest BCUT2D eigenvalue weighted by atomic mass is 9.72. The molecular formula is C17H27NO3. The number of likely N-dealkylation sites (tertiary alicyclic amines) is 1. The second kappa shape index (κ2) is 5.84. The molecular weight excluding hydrogens is 266 g/mol. The Labute approximate surface area is 127 Å². The largest absolute Gasteiger partial charge is 0.444 e. The van der Waals surface area contributed by atoms with E-state index in [1.165, 1.54) is 0 Å². The molecule has 1 amide bonds. The van der Waals surface area contributed by atoms with E-state index < -0.39 is 5.60 Å². The average Bonchev–Trinajstić information content (AvgIpc) is 3.17. The van der Waals surface area contributed by atoms with Crippen LogP contribution < -0.4 is 0 Å². The third-order valence-corrected chi connectivity index (χ3v) is 4.32. The first-order valence-corrected chi connectivity index (χ1v) is 7.68. The Hall–Kier alpha value is -1.29. The summed E-state index contributed by atoms with van der Waals surface area (Å²) in [4.78, 5) is 13.9. The van der Waals surface area contributed by atoms with Crippen molar-refractivity contribution in [2.24, 2.45) is 5.41 Å². The summed E-state index contributed by atoms with van der Waals surface area (Å²) < 4.78 is 11.2. The summed E-state index contributed by atoms with van der Waals surface area (Å²) in [7, 11) is 0. The van der Waals surface area contributed by atoms with Crippen molar-refractivity contribution in [3.05, 3.63) is 25.3 Å². The minimum absolute atomic E-state index is 0.0963. The monoisotopic (exact) mass is 293 g/mol. The minimum atomic E-state index is -0.444. The number of carbonyl (C=O) groups excluding carboxylic acids is 1. The van der Waals surface area contributed by atoms with Crippen molar-refractivity contribution in [3.8, 4) is 0 Å². The van der Waals surface area contributed by atoms with E-state index >= 15 is 0 Å². The second-order valence-electron chi connectivity index (χ2n) is 7.08. The van der Waals surface area contributed by atoms with Crippen molar-refractivity contribution in [3.63, 3.8) is 0 Å². The molecule has 4 heteroatoms. The number of nitrogens with zero attached hydrogens (tertiary/aromatic N) is 1. The van der Waals surface area contributed by atoms with Gasteiger partial charge >= 0.3 is 6.09 Å². The number of rotatable bonds is 4. The Balaban J connectivity index is 1.95. The predicted molar refractivity (Wildman–Crippen MR) is 83.1 cm³/mol. The zero-order chi connectivity index (χ0) is 15.7. The molecule has 0 saturated carbocycles. The lowest BCUT2D eigenvalue weighted by molar-refractivity contribution is 0.00629. The molecule has 0 aromatic rings. The molecule has 0 aromatic carbocycles. The van der Waals surface area contributed by atoms with Crippen LogP contribution in [-0.4, -0.2) is 41.9 Å². The Bertz CT molecular complexity index is 416. The molecule has 118 valence electrons.